The normalized spacial score (nSPS) is 11.9. The van der Waals surface area contributed by atoms with Crippen LogP contribution in [0.15, 0.2) is 40.6 Å². The van der Waals surface area contributed by atoms with Gasteiger partial charge < -0.3 is 9.67 Å². The van der Waals surface area contributed by atoms with Crippen molar-refractivity contribution in [1.82, 2.24) is 14.5 Å². The first kappa shape index (κ1) is 19.5. The zero-order valence-corrected chi connectivity index (χ0v) is 15.5. The Kier molecular flexibility index (Phi) is 5.34. The molecule has 0 radical (unpaired) electrons. The molecule has 0 bridgehead atoms. The van der Waals surface area contributed by atoms with Crippen LogP contribution in [0.4, 0.5) is 13.2 Å². The number of imidazole rings is 1. The van der Waals surface area contributed by atoms with Crippen molar-refractivity contribution in [2.24, 2.45) is 0 Å². The lowest BCUT2D eigenvalue weighted by Gasteiger charge is -2.10. The highest BCUT2D eigenvalue weighted by Gasteiger charge is 2.31. The van der Waals surface area contributed by atoms with Crippen molar-refractivity contribution < 1.29 is 23.1 Å². The maximum atomic E-state index is 12.8. The predicted molar refractivity (Wildman–Crippen MR) is 95.1 cm³/mol. The fraction of sp³-hybridized carbons (Fsp3) is 0.235. The van der Waals surface area contributed by atoms with Gasteiger partial charge in [-0.05, 0) is 36.4 Å². The van der Waals surface area contributed by atoms with E-state index in [1.54, 1.807) is 4.57 Å². The number of carbonyl (C=O) groups is 1. The van der Waals surface area contributed by atoms with E-state index in [4.69, 9.17) is 16.7 Å². The van der Waals surface area contributed by atoms with Crippen molar-refractivity contribution >= 4 is 40.4 Å². The molecule has 0 aliphatic heterocycles. The number of alkyl halides is 3. The van der Waals surface area contributed by atoms with Crippen molar-refractivity contribution in [2.75, 3.05) is 0 Å². The number of aromatic nitrogens is 3. The number of nitrogens with zero attached hydrogens (tertiary/aromatic N) is 3. The highest BCUT2D eigenvalue weighted by atomic mass is 35.5. The molecule has 0 aliphatic rings. The quantitative estimate of drug-likeness (QED) is 0.632. The molecule has 1 N–H and O–H groups in total. The molecule has 142 valence electrons. The molecular weight excluding hydrogens is 403 g/mol. The minimum absolute atomic E-state index is 0.124. The highest BCUT2D eigenvalue weighted by Crippen LogP contribution is 2.37. The third-order valence-electron chi connectivity index (χ3n) is 3.82. The lowest BCUT2D eigenvalue weighted by atomic mass is 10.2. The van der Waals surface area contributed by atoms with Crippen LogP contribution in [-0.4, -0.2) is 25.6 Å². The Labute approximate surface area is 161 Å². The van der Waals surface area contributed by atoms with Gasteiger partial charge in [-0.3, -0.25) is 4.79 Å². The van der Waals surface area contributed by atoms with E-state index in [1.165, 1.54) is 0 Å². The fourth-order valence-electron chi connectivity index (χ4n) is 2.51. The van der Waals surface area contributed by atoms with E-state index in [1.807, 2.05) is 25.1 Å². The standard InChI is InChI=1S/C17H13ClF3N3O2S/c1-9-3-2-4-12-14(9)23-16(24(12)6-5-13(25)26)27-15-11(18)7-10(8-22-15)17(19,20)21/h2-4,7-8H,5-6H2,1H3,(H,25,26). The summed E-state index contributed by atoms with van der Waals surface area (Å²) in [6, 6.07) is 6.32. The predicted octanol–water partition coefficient (Wildman–Crippen LogP) is 5.04. The Morgan fingerprint density at radius 3 is 2.74 bits per heavy atom. The van der Waals surface area contributed by atoms with E-state index < -0.39 is 17.7 Å². The summed E-state index contributed by atoms with van der Waals surface area (Å²) in [6.07, 6.45) is -3.95. The van der Waals surface area contributed by atoms with Crippen LogP contribution < -0.4 is 0 Å². The zero-order chi connectivity index (χ0) is 19.8. The number of aliphatic carboxylic acids is 1. The number of para-hydroxylation sites is 1. The van der Waals surface area contributed by atoms with Gasteiger partial charge in [-0.2, -0.15) is 13.2 Å². The van der Waals surface area contributed by atoms with Crippen LogP contribution in [0.2, 0.25) is 5.02 Å². The first-order valence-electron chi connectivity index (χ1n) is 7.75. The first-order chi connectivity index (χ1) is 12.7. The molecule has 5 nitrogen and oxygen atoms in total. The van der Waals surface area contributed by atoms with Crippen LogP contribution in [-0.2, 0) is 17.5 Å². The SMILES string of the molecule is Cc1cccc2c1nc(Sc1ncc(C(F)(F)F)cc1Cl)n2CCC(=O)O. The van der Waals surface area contributed by atoms with E-state index in [0.29, 0.717) is 16.9 Å². The van der Waals surface area contributed by atoms with Gasteiger partial charge in [0, 0.05) is 12.7 Å². The van der Waals surface area contributed by atoms with E-state index in [0.717, 1.165) is 28.9 Å². The van der Waals surface area contributed by atoms with Gasteiger partial charge in [0.1, 0.15) is 5.03 Å². The topological polar surface area (TPSA) is 68.0 Å². The van der Waals surface area contributed by atoms with Gasteiger partial charge in [0.25, 0.3) is 0 Å². The molecule has 3 rings (SSSR count). The summed E-state index contributed by atoms with van der Waals surface area (Å²) in [4.78, 5) is 19.3. The molecule has 0 saturated heterocycles. The summed E-state index contributed by atoms with van der Waals surface area (Å²) in [6.45, 7) is 2.03. The maximum absolute atomic E-state index is 12.8. The Bertz CT molecular complexity index is 1020. The molecule has 0 spiro atoms. The number of halogens is 4. The van der Waals surface area contributed by atoms with Crippen molar-refractivity contribution in [2.45, 2.75) is 36.2 Å². The smallest absolute Gasteiger partial charge is 0.417 e. The lowest BCUT2D eigenvalue weighted by molar-refractivity contribution is -0.138. The average molecular weight is 416 g/mol. The summed E-state index contributed by atoms with van der Waals surface area (Å²) in [5, 5.41) is 9.41. The molecule has 0 unspecified atom stereocenters. The average Bonchev–Trinajstić information content (AvgIpc) is 2.92. The molecular formula is C17H13ClF3N3O2S. The fourth-order valence-corrected chi connectivity index (χ4v) is 3.66. The van der Waals surface area contributed by atoms with Crippen LogP contribution in [0.1, 0.15) is 17.5 Å². The Morgan fingerprint density at radius 2 is 2.11 bits per heavy atom. The number of hydrogen-bond donors (Lipinski definition) is 1. The molecule has 0 saturated carbocycles. The second-order valence-electron chi connectivity index (χ2n) is 5.74. The summed E-state index contributed by atoms with van der Waals surface area (Å²) >= 11 is 6.98. The van der Waals surface area contributed by atoms with Crippen LogP contribution in [0.25, 0.3) is 11.0 Å². The number of carboxylic acids is 1. The van der Waals surface area contributed by atoms with Crippen LogP contribution in [0.3, 0.4) is 0 Å². The molecule has 0 fully saturated rings. The van der Waals surface area contributed by atoms with Crippen LogP contribution in [0, 0.1) is 6.92 Å². The van der Waals surface area contributed by atoms with E-state index in [9.17, 15) is 18.0 Å². The molecule has 3 aromatic rings. The number of carboxylic acid groups (broad SMARTS) is 1. The molecule has 2 aromatic heterocycles. The summed E-state index contributed by atoms with van der Waals surface area (Å²) in [5.74, 6) is -0.967. The van der Waals surface area contributed by atoms with E-state index >= 15 is 0 Å². The second kappa shape index (κ2) is 7.40. The Morgan fingerprint density at radius 1 is 1.37 bits per heavy atom. The molecule has 0 amide bonds. The van der Waals surface area contributed by atoms with Crippen molar-refractivity contribution in [1.29, 1.82) is 0 Å². The third-order valence-corrected chi connectivity index (χ3v) is 5.23. The van der Waals surface area contributed by atoms with Gasteiger partial charge in [-0.1, -0.05) is 23.7 Å². The number of benzene rings is 1. The maximum Gasteiger partial charge on any atom is 0.417 e. The third kappa shape index (κ3) is 4.19. The molecule has 27 heavy (non-hydrogen) atoms. The minimum atomic E-state index is -4.54. The largest absolute Gasteiger partial charge is 0.481 e. The number of rotatable bonds is 5. The van der Waals surface area contributed by atoms with Crippen LogP contribution in [0.5, 0.6) is 0 Å². The number of hydrogen-bond acceptors (Lipinski definition) is 4. The molecule has 10 heteroatoms. The molecule has 1 aromatic carbocycles. The monoisotopic (exact) mass is 415 g/mol. The minimum Gasteiger partial charge on any atom is -0.481 e. The summed E-state index contributed by atoms with van der Waals surface area (Å²) in [7, 11) is 0. The summed E-state index contributed by atoms with van der Waals surface area (Å²) in [5.41, 5.74) is 1.39. The molecule has 2 heterocycles. The highest BCUT2D eigenvalue weighted by molar-refractivity contribution is 7.99. The zero-order valence-electron chi connectivity index (χ0n) is 13.9. The van der Waals surface area contributed by atoms with Crippen molar-refractivity contribution in [3.63, 3.8) is 0 Å². The lowest BCUT2D eigenvalue weighted by Crippen LogP contribution is -2.07. The van der Waals surface area contributed by atoms with Gasteiger partial charge in [0.2, 0.25) is 0 Å². The van der Waals surface area contributed by atoms with Crippen molar-refractivity contribution in [3.8, 4) is 0 Å². The molecule has 0 atom stereocenters. The Balaban J connectivity index is 2.02. The van der Waals surface area contributed by atoms with Crippen molar-refractivity contribution in [3.05, 3.63) is 46.6 Å². The number of aryl methyl sites for hydroxylation is 2. The van der Waals surface area contributed by atoms with Gasteiger partial charge in [-0.25, -0.2) is 9.97 Å². The number of fused-ring (bicyclic) bond motifs is 1. The number of pyridine rings is 1. The van der Waals surface area contributed by atoms with E-state index in [2.05, 4.69) is 9.97 Å². The molecule has 0 aliphatic carbocycles. The van der Waals surface area contributed by atoms with Gasteiger partial charge in [-0.15, -0.1) is 0 Å². The summed E-state index contributed by atoms with van der Waals surface area (Å²) < 4.78 is 40.0. The van der Waals surface area contributed by atoms with Gasteiger partial charge >= 0.3 is 12.1 Å². The van der Waals surface area contributed by atoms with Crippen LogP contribution >= 0.6 is 23.4 Å². The van der Waals surface area contributed by atoms with Gasteiger partial charge in [0.05, 0.1) is 28.0 Å². The second-order valence-corrected chi connectivity index (χ2v) is 7.11. The van der Waals surface area contributed by atoms with E-state index in [-0.39, 0.29) is 23.0 Å². The first-order valence-corrected chi connectivity index (χ1v) is 8.94. The van der Waals surface area contributed by atoms with Gasteiger partial charge in [0.15, 0.2) is 5.16 Å². The Hall–Kier alpha value is -2.26.